The fourth-order valence-electron chi connectivity index (χ4n) is 1.38. The van der Waals surface area contributed by atoms with Crippen molar-refractivity contribution in [1.82, 2.24) is 24.7 Å². The second-order valence-corrected chi connectivity index (χ2v) is 3.74. The van der Waals surface area contributed by atoms with Crippen LogP contribution < -0.4 is 10.1 Å². The van der Waals surface area contributed by atoms with Crippen LogP contribution in [0, 0.1) is 0 Å². The maximum atomic E-state index is 5.43. The third kappa shape index (κ3) is 2.73. The molecule has 0 spiro atoms. The van der Waals surface area contributed by atoms with Crippen molar-refractivity contribution in [3.63, 3.8) is 0 Å². The highest BCUT2D eigenvalue weighted by atomic mass is 16.5. The summed E-state index contributed by atoms with van der Waals surface area (Å²) in [6.45, 7) is 2.61. The summed E-state index contributed by atoms with van der Waals surface area (Å²) in [5.41, 5.74) is 0.692. The van der Waals surface area contributed by atoms with E-state index in [-0.39, 0.29) is 0 Å². The van der Waals surface area contributed by atoms with Crippen molar-refractivity contribution in [2.75, 3.05) is 19.0 Å². The first-order valence-corrected chi connectivity index (χ1v) is 5.79. The fraction of sp³-hybridized carbons (Fsp3) is 0.455. The van der Waals surface area contributed by atoms with Crippen LogP contribution in [0.25, 0.3) is 11.5 Å². The Kier molecular flexibility index (Phi) is 3.71. The molecule has 0 aliphatic heterocycles. The minimum atomic E-state index is 0.317. The van der Waals surface area contributed by atoms with Crippen LogP contribution in [0.2, 0.25) is 0 Å². The van der Waals surface area contributed by atoms with E-state index >= 15 is 0 Å². The molecule has 2 aromatic rings. The van der Waals surface area contributed by atoms with Crippen LogP contribution >= 0.6 is 0 Å². The lowest BCUT2D eigenvalue weighted by Crippen LogP contribution is -2.06. The van der Waals surface area contributed by atoms with Crippen LogP contribution in [0.5, 0.6) is 6.01 Å². The molecular formula is C11H16N6O. The van der Waals surface area contributed by atoms with Gasteiger partial charge in [0.2, 0.25) is 5.95 Å². The van der Waals surface area contributed by atoms with E-state index in [4.69, 9.17) is 4.74 Å². The number of nitrogens with zero attached hydrogens (tertiary/aromatic N) is 5. The maximum Gasteiger partial charge on any atom is 0.321 e. The Hall–Kier alpha value is -2.18. The summed E-state index contributed by atoms with van der Waals surface area (Å²) in [5.74, 6) is 0.970. The summed E-state index contributed by atoms with van der Waals surface area (Å²) < 4.78 is 7.13. The first kappa shape index (κ1) is 12.3. The van der Waals surface area contributed by atoms with Crippen molar-refractivity contribution in [3.8, 4) is 17.5 Å². The fourth-order valence-corrected chi connectivity index (χ4v) is 1.38. The van der Waals surface area contributed by atoms with Gasteiger partial charge in [-0.05, 0) is 12.5 Å². The van der Waals surface area contributed by atoms with Crippen LogP contribution in [0.1, 0.15) is 13.3 Å². The van der Waals surface area contributed by atoms with Gasteiger partial charge < -0.3 is 10.1 Å². The molecule has 18 heavy (non-hydrogen) atoms. The van der Waals surface area contributed by atoms with E-state index in [1.165, 1.54) is 0 Å². The van der Waals surface area contributed by atoms with Crippen molar-refractivity contribution in [2.24, 2.45) is 7.05 Å². The molecule has 2 rings (SSSR count). The van der Waals surface area contributed by atoms with Crippen molar-refractivity contribution in [1.29, 1.82) is 0 Å². The van der Waals surface area contributed by atoms with E-state index in [2.05, 4.69) is 25.4 Å². The third-order valence-corrected chi connectivity index (χ3v) is 2.22. The lowest BCUT2D eigenvalue weighted by Gasteiger charge is -2.05. The molecule has 0 aliphatic rings. The zero-order valence-corrected chi connectivity index (χ0v) is 10.7. The summed E-state index contributed by atoms with van der Waals surface area (Å²) in [5, 5.41) is 7.14. The Balaban J connectivity index is 2.34. The Morgan fingerprint density at radius 1 is 1.33 bits per heavy atom. The number of ether oxygens (including phenoxy) is 1. The largest absolute Gasteiger partial charge is 0.463 e. The molecule has 0 saturated heterocycles. The second kappa shape index (κ2) is 5.44. The first-order valence-electron chi connectivity index (χ1n) is 5.79. The van der Waals surface area contributed by atoms with E-state index in [0.29, 0.717) is 30.1 Å². The van der Waals surface area contributed by atoms with Crippen molar-refractivity contribution in [2.45, 2.75) is 13.3 Å². The minimum Gasteiger partial charge on any atom is -0.463 e. The van der Waals surface area contributed by atoms with E-state index in [1.54, 1.807) is 11.7 Å². The topological polar surface area (TPSA) is 77.8 Å². The molecule has 0 amide bonds. The summed E-state index contributed by atoms with van der Waals surface area (Å²) in [6.07, 6.45) is 2.74. The normalized spacial score (nSPS) is 10.4. The SMILES string of the molecule is CCCOc1nc(NC)nc(-c2ccn(C)n2)n1. The smallest absolute Gasteiger partial charge is 0.321 e. The third-order valence-electron chi connectivity index (χ3n) is 2.22. The molecule has 7 nitrogen and oxygen atoms in total. The second-order valence-electron chi connectivity index (χ2n) is 3.74. The zero-order chi connectivity index (χ0) is 13.0. The van der Waals surface area contributed by atoms with Gasteiger partial charge in [-0.2, -0.15) is 20.1 Å². The van der Waals surface area contributed by atoms with Crippen LogP contribution in [0.15, 0.2) is 12.3 Å². The summed E-state index contributed by atoms with van der Waals surface area (Å²) in [7, 11) is 3.60. The molecular weight excluding hydrogens is 232 g/mol. The van der Waals surface area contributed by atoms with E-state index < -0.39 is 0 Å². The molecule has 2 heterocycles. The summed E-state index contributed by atoms with van der Waals surface area (Å²) in [6, 6.07) is 2.16. The predicted octanol–water partition coefficient (Wildman–Crippen LogP) is 1.10. The maximum absolute atomic E-state index is 5.43. The van der Waals surface area contributed by atoms with Gasteiger partial charge in [0.15, 0.2) is 5.82 Å². The quantitative estimate of drug-likeness (QED) is 0.853. The number of hydrogen-bond acceptors (Lipinski definition) is 6. The average molecular weight is 248 g/mol. The Morgan fingerprint density at radius 3 is 2.78 bits per heavy atom. The van der Waals surface area contributed by atoms with E-state index in [9.17, 15) is 0 Å². The van der Waals surface area contributed by atoms with Gasteiger partial charge in [-0.3, -0.25) is 4.68 Å². The van der Waals surface area contributed by atoms with Crippen molar-refractivity contribution >= 4 is 5.95 Å². The monoisotopic (exact) mass is 248 g/mol. The lowest BCUT2D eigenvalue weighted by molar-refractivity contribution is 0.292. The number of nitrogens with one attached hydrogen (secondary N) is 1. The molecule has 96 valence electrons. The Labute approximate surface area is 105 Å². The van der Waals surface area contributed by atoms with Gasteiger partial charge in [0.1, 0.15) is 5.69 Å². The lowest BCUT2D eigenvalue weighted by atomic mass is 10.4. The Morgan fingerprint density at radius 2 is 2.17 bits per heavy atom. The molecule has 7 heteroatoms. The molecule has 0 aliphatic carbocycles. The number of aryl methyl sites for hydroxylation is 1. The van der Waals surface area contributed by atoms with Crippen LogP contribution in [-0.4, -0.2) is 38.4 Å². The molecule has 0 radical (unpaired) electrons. The van der Waals surface area contributed by atoms with Gasteiger partial charge >= 0.3 is 6.01 Å². The van der Waals surface area contributed by atoms with Crippen molar-refractivity contribution in [3.05, 3.63) is 12.3 Å². The van der Waals surface area contributed by atoms with Gasteiger partial charge in [-0.1, -0.05) is 6.92 Å². The predicted molar refractivity (Wildman–Crippen MR) is 67.4 cm³/mol. The highest BCUT2D eigenvalue weighted by Crippen LogP contribution is 2.16. The molecule has 2 aromatic heterocycles. The van der Waals surface area contributed by atoms with Gasteiger partial charge in [0, 0.05) is 20.3 Å². The molecule has 0 unspecified atom stereocenters. The molecule has 0 fully saturated rings. The Bertz CT molecular complexity index is 524. The summed E-state index contributed by atoms with van der Waals surface area (Å²) in [4.78, 5) is 12.6. The number of anilines is 1. The molecule has 1 N–H and O–H groups in total. The molecule has 0 bridgehead atoms. The average Bonchev–Trinajstić information content (AvgIpc) is 2.82. The molecule has 0 aromatic carbocycles. The summed E-state index contributed by atoms with van der Waals surface area (Å²) >= 11 is 0. The van der Waals surface area contributed by atoms with E-state index in [0.717, 1.165) is 6.42 Å². The van der Waals surface area contributed by atoms with Gasteiger partial charge in [-0.15, -0.1) is 0 Å². The standard InChI is InChI=1S/C11H16N6O/c1-4-7-18-11-14-9(13-10(12-2)15-11)8-5-6-17(3)16-8/h5-6H,4,7H2,1-3H3,(H,12,13,14,15). The number of aromatic nitrogens is 5. The van der Waals surface area contributed by atoms with Crippen LogP contribution in [0.4, 0.5) is 5.95 Å². The van der Waals surface area contributed by atoms with Crippen LogP contribution in [-0.2, 0) is 7.05 Å². The van der Waals surface area contributed by atoms with Gasteiger partial charge in [0.25, 0.3) is 0 Å². The highest BCUT2D eigenvalue weighted by molar-refractivity contribution is 5.50. The highest BCUT2D eigenvalue weighted by Gasteiger charge is 2.10. The zero-order valence-electron chi connectivity index (χ0n) is 10.7. The van der Waals surface area contributed by atoms with Gasteiger partial charge in [0.05, 0.1) is 6.61 Å². The van der Waals surface area contributed by atoms with Gasteiger partial charge in [-0.25, -0.2) is 0 Å². The van der Waals surface area contributed by atoms with Crippen molar-refractivity contribution < 1.29 is 4.74 Å². The number of hydrogen-bond donors (Lipinski definition) is 1. The molecule has 0 saturated carbocycles. The molecule has 0 atom stereocenters. The number of rotatable bonds is 5. The van der Waals surface area contributed by atoms with Crippen LogP contribution in [0.3, 0.4) is 0 Å². The minimum absolute atomic E-state index is 0.317. The van der Waals surface area contributed by atoms with E-state index in [1.807, 2.05) is 26.2 Å². The first-order chi connectivity index (χ1) is 8.72.